The minimum Gasteiger partial charge on any atom is -0.481 e. The molecule has 2 rings (SSSR count). The second-order valence-corrected chi connectivity index (χ2v) is 12.7. The number of amides is 5. The average Bonchev–Trinajstić information content (AvgIpc) is 3.53. The molecule has 6 N–H and O–H groups in total. The van der Waals surface area contributed by atoms with E-state index >= 15 is 0 Å². The molecular weight excluding hydrogens is 586 g/mol. The first-order valence-electron chi connectivity index (χ1n) is 16.2. The van der Waals surface area contributed by atoms with Crippen LogP contribution in [0.25, 0.3) is 0 Å². The summed E-state index contributed by atoms with van der Waals surface area (Å²) in [6, 6.07) is -5.48. The fourth-order valence-corrected chi connectivity index (χ4v) is 5.70. The minimum atomic E-state index is -1.68. The minimum absolute atomic E-state index is 0.0708. The van der Waals surface area contributed by atoms with E-state index in [-0.39, 0.29) is 30.1 Å². The molecule has 0 radical (unpaired) electrons. The number of carbonyl (C=O) groups excluding carboxylic acids is 5. The van der Waals surface area contributed by atoms with Gasteiger partial charge in [-0.15, -0.1) is 0 Å². The van der Waals surface area contributed by atoms with Crippen molar-refractivity contribution in [3.05, 3.63) is 0 Å². The Morgan fingerprint density at radius 2 is 1.24 bits per heavy atom. The van der Waals surface area contributed by atoms with Crippen molar-refractivity contribution < 1.29 is 43.8 Å². The molecular formula is C31H51N5O9. The second-order valence-electron chi connectivity index (χ2n) is 12.7. The lowest BCUT2D eigenvalue weighted by Crippen LogP contribution is -2.60. The van der Waals surface area contributed by atoms with E-state index in [1.54, 1.807) is 25.7 Å². The van der Waals surface area contributed by atoms with Gasteiger partial charge in [-0.05, 0) is 43.9 Å². The van der Waals surface area contributed by atoms with Gasteiger partial charge in [0.1, 0.15) is 24.2 Å². The predicted octanol–water partition coefficient (Wildman–Crippen LogP) is 1.17. The molecule has 254 valence electrons. The number of nitrogens with zero attached hydrogens (tertiary/aromatic N) is 1. The summed E-state index contributed by atoms with van der Waals surface area (Å²) in [6.07, 6.45) is 5.23. The third-order valence-corrected chi connectivity index (χ3v) is 8.57. The van der Waals surface area contributed by atoms with E-state index in [1.807, 2.05) is 6.92 Å². The van der Waals surface area contributed by atoms with Gasteiger partial charge in [-0.3, -0.25) is 28.8 Å². The van der Waals surface area contributed by atoms with Crippen molar-refractivity contribution in [2.24, 2.45) is 17.8 Å². The highest BCUT2D eigenvalue weighted by atomic mass is 16.4. The Bertz CT molecular complexity index is 1070. The van der Waals surface area contributed by atoms with Gasteiger partial charge in [-0.25, -0.2) is 4.79 Å². The summed E-state index contributed by atoms with van der Waals surface area (Å²) < 4.78 is 0. The zero-order chi connectivity index (χ0) is 33.7. The molecule has 0 aromatic rings. The van der Waals surface area contributed by atoms with Crippen LogP contribution in [0.3, 0.4) is 0 Å². The molecule has 45 heavy (non-hydrogen) atoms. The third-order valence-electron chi connectivity index (χ3n) is 8.57. The zero-order valence-electron chi connectivity index (χ0n) is 26.9. The van der Waals surface area contributed by atoms with E-state index in [2.05, 4.69) is 21.3 Å². The monoisotopic (exact) mass is 637 g/mol. The largest absolute Gasteiger partial charge is 0.481 e. The van der Waals surface area contributed by atoms with Crippen LogP contribution in [-0.4, -0.2) is 93.8 Å². The summed E-state index contributed by atoms with van der Waals surface area (Å²) in [5, 5.41) is 29.0. The molecule has 0 bridgehead atoms. The Morgan fingerprint density at radius 3 is 1.76 bits per heavy atom. The first-order chi connectivity index (χ1) is 21.2. The molecule has 0 unspecified atom stereocenters. The molecule has 1 aliphatic carbocycles. The highest BCUT2D eigenvalue weighted by Crippen LogP contribution is 2.24. The predicted molar refractivity (Wildman–Crippen MR) is 164 cm³/mol. The summed E-state index contributed by atoms with van der Waals surface area (Å²) in [5.41, 5.74) is 0. The highest BCUT2D eigenvalue weighted by Gasteiger charge is 2.36. The smallest absolute Gasteiger partial charge is 0.326 e. The highest BCUT2D eigenvalue weighted by molar-refractivity contribution is 5.98. The Hall–Kier alpha value is -3.71. The molecule has 14 nitrogen and oxygen atoms in total. The average molecular weight is 638 g/mol. The maximum atomic E-state index is 13.6. The molecule has 14 heteroatoms. The van der Waals surface area contributed by atoms with Crippen LogP contribution in [0, 0.1) is 17.8 Å². The van der Waals surface area contributed by atoms with Crippen LogP contribution in [0.2, 0.25) is 0 Å². The molecule has 1 aliphatic heterocycles. The number of rotatable bonds is 17. The summed E-state index contributed by atoms with van der Waals surface area (Å²) >= 11 is 0. The molecule has 1 heterocycles. The van der Waals surface area contributed by atoms with Crippen molar-refractivity contribution >= 4 is 41.5 Å². The van der Waals surface area contributed by atoms with Crippen molar-refractivity contribution in [2.75, 3.05) is 13.1 Å². The van der Waals surface area contributed by atoms with Gasteiger partial charge in [0, 0.05) is 19.0 Å². The number of hydrogen-bond donors (Lipinski definition) is 6. The van der Waals surface area contributed by atoms with Gasteiger partial charge >= 0.3 is 11.9 Å². The first kappa shape index (κ1) is 37.5. The number of aliphatic carboxylic acids is 2. The summed E-state index contributed by atoms with van der Waals surface area (Å²) in [4.78, 5) is 91.3. The maximum absolute atomic E-state index is 13.6. The Kier molecular flexibility index (Phi) is 15.2. The quantitative estimate of drug-likeness (QED) is 0.135. The third kappa shape index (κ3) is 12.3. The second kappa shape index (κ2) is 18.3. The maximum Gasteiger partial charge on any atom is 0.326 e. The summed E-state index contributed by atoms with van der Waals surface area (Å²) in [5.74, 6) is -6.69. The van der Waals surface area contributed by atoms with Crippen molar-refractivity contribution in [1.29, 1.82) is 0 Å². The number of carboxylic acids is 2. The van der Waals surface area contributed by atoms with E-state index in [9.17, 15) is 43.8 Å². The Labute approximate surface area is 264 Å². The number of hydrogen-bond acceptors (Lipinski definition) is 7. The van der Waals surface area contributed by atoms with Crippen LogP contribution in [0.1, 0.15) is 98.3 Å². The summed E-state index contributed by atoms with van der Waals surface area (Å²) in [7, 11) is 0. The Morgan fingerprint density at radius 1 is 0.711 bits per heavy atom. The molecule has 5 atom stereocenters. The number of carbonyl (C=O) groups is 7. The van der Waals surface area contributed by atoms with Gasteiger partial charge in [0.05, 0.1) is 12.8 Å². The topological polar surface area (TPSA) is 211 Å². The van der Waals surface area contributed by atoms with Gasteiger partial charge in [0.25, 0.3) is 0 Å². The molecule has 2 fully saturated rings. The molecule has 0 aromatic carbocycles. The van der Waals surface area contributed by atoms with Crippen LogP contribution in [0.5, 0.6) is 0 Å². The fourth-order valence-electron chi connectivity index (χ4n) is 5.70. The van der Waals surface area contributed by atoms with Gasteiger partial charge in [0.15, 0.2) is 0 Å². The number of likely N-dealkylation sites (tertiary alicyclic amines) is 1. The van der Waals surface area contributed by atoms with Crippen LogP contribution >= 0.6 is 0 Å². The number of nitrogens with one attached hydrogen (secondary N) is 4. The molecule has 1 saturated carbocycles. The van der Waals surface area contributed by atoms with Crippen molar-refractivity contribution in [3.63, 3.8) is 0 Å². The van der Waals surface area contributed by atoms with Crippen LogP contribution < -0.4 is 21.3 Å². The lowest BCUT2D eigenvalue weighted by atomic mass is 9.88. The van der Waals surface area contributed by atoms with Crippen LogP contribution in [0.15, 0.2) is 0 Å². The van der Waals surface area contributed by atoms with Crippen molar-refractivity contribution in [2.45, 2.75) is 122 Å². The lowest BCUT2D eigenvalue weighted by Gasteiger charge is -2.30. The van der Waals surface area contributed by atoms with Gasteiger partial charge < -0.3 is 36.4 Å². The van der Waals surface area contributed by atoms with E-state index in [0.717, 1.165) is 44.9 Å². The van der Waals surface area contributed by atoms with E-state index < -0.39 is 72.6 Å². The standard InChI is InChI=1S/C31H51N5O9/c1-5-19(4)26(35-27(40)20-11-7-6-8-12-20)30(43)33-21(16-24(37)36-13-9-10-14-36)28(41)32-22(17-25(38)39)29(42)34-23(31(44)45)15-18(2)3/h18-23,26H,5-17H2,1-4H3,(H,32,41)(H,33,43)(H,34,42)(H,35,40)(H,38,39)(H,44,45)/t19-,21-,22-,23-,26-/m0/s1. The molecule has 2 aliphatic rings. The van der Waals surface area contributed by atoms with Gasteiger partial charge in [-0.1, -0.05) is 53.4 Å². The SMILES string of the molecule is CC[C@H](C)[C@H](NC(=O)C1CCCCC1)C(=O)N[C@@H](CC(=O)N1CCCC1)C(=O)N[C@@H](CC(=O)O)C(=O)N[C@@H](CC(C)C)C(=O)O. The first-order valence-corrected chi connectivity index (χ1v) is 16.2. The van der Waals surface area contributed by atoms with Crippen molar-refractivity contribution in [1.82, 2.24) is 26.2 Å². The molecule has 0 aromatic heterocycles. The van der Waals surface area contributed by atoms with Gasteiger partial charge in [-0.2, -0.15) is 0 Å². The van der Waals surface area contributed by atoms with E-state index in [4.69, 9.17) is 0 Å². The fraction of sp³-hybridized carbons (Fsp3) is 0.774. The molecule has 0 spiro atoms. The van der Waals surface area contributed by atoms with Crippen molar-refractivity contribution in [3.8, 4) is 0 Å². The van der Waals surface area contributed by atoms with E-state index in [1.165, 1.54) is 0 Å². The van der Waals surface area contributed by atoms with Gasteiger partial charge in [0.2, 0.25) is 29.5 Å². The van der Waals surface area contributed by atoms with Crippen LogP contribution in [-0.2, 0) is 33.6 Å². The molecule has 1 saturated heterocycles. The Balaban J connectivity index is 2.29. The number of carboxylic acid groups (broad SMARTS) is 2. The summed E-state index contributed by atoms with van der Waals surface area (Å²) in [6.45, 7) is 8.15. The van der Waals surface area contributed by atoms with Crippen LogP contribution in [0.4, 0.5) is 0 Å². The normalized spacial score (nSPS) is 18.6. The lowest BCUT2D eigenvalue weighted by molar-refractivity contribution is -0.144. The zero-order valence-corrected chi connectivity index (χ0v) is 26.9. The van der Waals surface area contributed by atoms with E-state index in [0.29, 0.717) is 19.5 Å². The molecule has 5 amide bonds.